The van der Waals surface area contributed by atoms with Gasteiger partial charge in [0.1, 0.15) is 24.0 Å². The van der Waals surface area contributed by atoms with Crippen molar-refractivity contribution in [2.45, 2.75) is 24.9 Å². The van der Waals surface area contributed by atoms with Crippen molar-refractivity contribution in [3.8, 4) is 28.7 Å². The lowest BCUT2D eigenvalue weighted by Crippen LogP contribution is -2.23. The van der Waals surface area contributed by atoms with Crippen LogP contribution in [-0.4, -0.2) is 33.0 Å². The van der Waals surface area contributed by atoms with Crippen LogP contribution in [0.1, 0.15) is 46.3 Å². The highest BCUT2D eigenvalue weighted by Gasteiger charge is 2.40. The van der Waals surface area contributed by atoms with Crippen LogP contribution in [0.4, 0.5) is 0 Å². The molecular weight excluding hydrogens is 494 g/mol. The Labute approximate surface area is 223 Å². The molecule has 1 aliphatic heterocycles. The second-order valence-corrected chi connectivity index (χ2v) is 10.0. The third kappa shape index (κ3) is 3.46. The minimum atomic E-state index is -0.576. The van der Waals surface area contributed by atoms with Gasteiger partial charge in [-0.1, -0.05) is 54.6 Å². The summed E-state index contributed by atoms with van der Waals surface area (Å²) >= 11 is 0. The van der Waals surface area contributed by atoms with Crippen LogP contribution >= 0.6 is 0 Å². The van der Waals surface area contributed by atoms with Crippen LogP contribution in [0.2, 0.25) is 0 Å². The summed E-state index contributed by atoms with van der Waals surface area (Å²) < 4.78 is 11.7. The van der Waals surface area contributed by atoms with E-state index in [4.69, 9.17) is 9.47 Å². The lowest BCUT2D eigenvalue weighted by molar-refractivity contribution is 0.197. The summed E-state index contributed by atoms with van der Waals surface area (Å²) in [6.07, 6.45) is 5.87. The van der Waals surface area contributed by atoms with Gasteiger partial charge in [0.05, 0.1) is 7.11 Å². The van der Waals surface area contributed by atoms with Crippen molar-refractivity contribution in [1.29, 1.82) is 0 Å². The molecule has 7 rings (SSSR count). The number of ketones is 1. The van der Waals surface area contributed by atoms with Crippen LogP contribution in [0.15, 0.2) is 66.9 Å². The maximum atomic E-state index is 11.3. The van der Waals surface area contributed by atoms with Gasteiger partial charge < -0.3 is 29.8 Å². The molecule has 1 aliphatic carbocycles. The fourth-order valence-corrected chi connectivity index (χ4v) is 6.03. The Bertz CT molecular complexity index is 1830. The molecule has 0 fully saturated rings. The summed E-state index contributed by atoms with van der Waals surface area (Å²) in [5, 5.41) is 35.3. The maximum absolute atomic E-state index is 11.3. The van der Waals surface area contributed by atoms with Crippen molar-refractivity contribution in [1.82, 2.24) is 4.98 Å². The van der Waals surface area contributed by atoms with Gasteiger partial charge in [0.15, 0.2) is 17.1 Å². The number of methoxy groups -OCH3 is 1. The predicted molar refractivity (Wildman–Crippen MR) is 149 cm³/mol. The first-order chi connectivity index (χ1) is 18.9. The Hall–Kier alpha value is -4.91. The van der Waals surface area contributed by atoms with Gasteiger partial charge in [-0.25, -0.2) is 0 Å². The second kappa shape index (κ2) is 8.56. The standard InChI is InChI=1S/C32H24NO6/c1-38-32-29(36)23(31-28(30(32)37)25(35)15-26(39-31)16-7-9-19(34)10-8-16)13-17-5-6-18-14-24-21(11-12-33-24)22-4-2-3-20(17)27(18)22/h2-12,14,17,26,34H,13,15H2,1H3,(H2,35,36,37)/q-1/p+1. The number of hydrogen-bond acceptors (Lipinski definition) is 5. The number of allylic oxidation sites excluding steroid dienone is 1. The minimum absolute atomic E-state index is 0.0656. The Morgan fingerprint density at radius 1 is 1.03 bits per heavy atom. The van der Waals surface area contributed by atoms with Crippen molar-refractivity contribution in [2.24, 2.45) is 0 Å². The molecule has 2 aliphatic rings. The molecule has 4 N–H and O–H groups in total. The van der Waals surface area contributed by atoms with Gasteiger partial charge in [0.2, 0.25) is 5.75 Å². The largest absolute Gasteiger partial charge is 0.664 e. The molecule has 2 unspecified atom stereocenters. The first-order valence-electron chi connectivity index (χ1n) is 12.7. The van der Waals surface area contributed by atoms with Crippen LogP contribution in [0.25, 0.3) is 27.8 Å². The summed E-state index contributed by atoms with van der Waals surface area (Å²) in [6.45, 7) is 0. The summed E-state index contributed by atoms with van der Waals surface area (Å²) in [7, 11) is 1.36. The monoisotopic (exact) mass is 519 g/mol. The van der Waals surface area contributed by atoms with Gasteiger partial charge in [-0.05, 0) is 51.4 Å². The normalized spacial score (nSPS) is 17.8. The first kappa shape index (κ1) is 23.2. The van der Waals surface area contributed by atoms with Gasteiger partial charge in [-0.2, -0.15) is 6.20 Å². The van der Waals surface area contributed by atoms with Crippen molar-refractivity contribution in [3.05, 3.63) is 94.7 Å². The quantitative estimate of drug-likeness (QED) is 0.257. The molecule has 2 heterocycles. The first-order valence-corrected chi connectivity index (χ1v) is 12.7. The molecule has 1 aromatic heterocycles. The lowest BCUT2D eigenvalue weighted by atomic mass is 9.81. The van der Waals surface area contributed by atoms with Crippen molar-refractivity contribution in [2.75, 3.05) is 7.11 Å². The number of rotatable bonds is 4. The molecule has 39 heavy (non-hydrogen) atoms. The highest BCUT2D eigenvalue weighted by molar-refractivity contribution is 6.12. The van der Waals surface area contributed by atoms with Crippen molar-refractivity contribution < 1.29 is 29.6 Å². The zero-order valence-corrected chi connectivity index (χ0v) is 21.0. The van der Waals surface area contributed by atoms with Crippen molar-refractivity contribution >= 4 is 33.5 Å². The van der Waals surface area contributed by atoms with E-state index in [1.165, 1.54) is 7.11 Å². The number of aromatic nitrogens is 1. The Kier molecular flexibility index (Phi) is 5.10. The zero-order valence-electron chi connectivity index (χ0n) is 21.0. The van der Waals surface area contributed by atoms with E-state index in [1.54, 1.807) is 24.3 Å². The molecule has 0 radical (unpaired) electrons. The van der Waals surface area contributed by atoms with Gasteiger partial charge in [-0.3, -0.25) is 4.79 Å². The fourth-order valence-electron chi connectivity index (χ4n) is 6.03. The highest BCUT2D eigenvalue weighted by Crippen LogP contribution is 2.53. The van der Waals surface area contributed by atoms with E-state index in [-0.39, 0.29) is 52.4 Å². The topological polar surface area (TPSA) is 115 Å². The molecule has 194 valence electrons. The summed E-state index contributed by atoms with van der Waals surface area (Å²) in [5.41, 5.74) is 4.44. The van der Waals surface area contributed by atoms with Crippen LogP contribution in [0.5, 0.6) is 28.7 Å². The van der Waals surface area contributed by atoms with E-state index in [9.17, 15) is 20.1 Å². The van der Waals surface area contributed by atoms with E-state index in [0.717, 1.165) is 38.4 Å². The molecule has 0 spiro atoms. The van der Waals surface area contributed by atoms with Gasteiger partial charge in [-0.15, -0.1) is 5.52 Å². The molecule has 5 aromatic rings. The number of nitrogens with zero attached hydrogens (tertiary/aromatic N) is 1. The number of hydrogen-bond donors (Lipinski definition) is 3. The number of fused-ring (bicyclic) bond motifs is 3. The third-order valence-corrected chi connectivity index (χ3v) is 7.88. The van der Waals surface area contributed by atoms with Gasteiger partial charge in [0, 0.05) is 11.5 Å². The van der Waals surface area contributed by atoms with E-state index in [0.29, 0.717) is 12.0 Å². The number of phenolic OH excluding ortho intramolecular Hbond substituents is 3. The summed E-state index contributed by atoms with van der Waals surface area (Å²) in [6, 6.07) is 16.9. The molecule has 0 saturated carbocycles. The lowest BCUT2D eigenvalue weighted by Gasteiger charge is -2.29. The minimum Gasteiger partial charge on any atom is -0.664 e. The van der Waals surface area contributed by atoms with Crippen LogP contribution in [0, 0.1) is 0 Å². The number of aromatic hydroxyl groups is 3. The molecule has 2 atom stereocenters. The third-order valence-electron chi connectivity index (χ3n) is 7.88. The van der Waals surface area contributed by atoms with E-state index in [2.05, 4.69) is 35.3 Å². The molecule has 7 nitrogen and oxygen atoms in total. The van der Waals surface area contributed by atoms with E-state index >= 15 is 0 Å². The molecule has 0 saturated heterocycles. The van der Waals surface area contributed by atoms with E-state index < -0.39 is 6.10 Å². The van der Waals surface area contributed by atoms with Crippen LogP contribution in [-0.2, 0) is 6.42 Å². The molecular formula is C32H25NO6. The fraction of sp³-hybridized carbons (Fsp3) is 0.156. The van der Waals surface area contributed by atoms with Gasteiger partial charge in [0.25, 0.3) is 0 Å². The van der Waals surface area contributed by atoms with Gasteiger partial charge >= 0.3 is 5.78 Å². The Morgan fingerprint density at radius 3 is 2.64 bits per heavy atom. The van der Waals surface area contributed by atoms with Crippen LogP contribution in [0.3, 0.4) is 0 Å². The van der Waals surface area contributed by atoms with E-state index in [1.807, 2.05) is 18.3 Å². The second-order valence-electron chi connectivity index (χ2n) is 10.0. The number of phenols is 3. The van der Waals surface area contributed by atoms with Crippen molar-refractivity contribution in [3.63, 3.8) is 0 Å². The SMILES string of the molecule is COc1c(O)c(CC2C=Cc3cc4[n-]ccc4c4cccc2c34)c2c(c1O)C(=[OH+])CC(c1ccc(O)cc1)O2. The summed E-state index contributed by atoms with van der Waals surface area (Å²) in [4.78, 5) is 15.6. The smallest absolute Gasteiger partial charge is 0.335 e. The molecule has 0 bridgehead atoms. The predicted octanol–water partition coefficient (Wildman–Crippen LogP) is 5.85. The molecule has 0 amide bonds. The molecule has 7 heteroatoms. The zero-order chi connectivity index (χ0) is 26.8. The number of benzene rings is 4. The number of ether oxygens (including phenoxy) is 2. The Morgan fingerprint density at radius 2 is 1.85 bits per heavy atom. The summed E-state index contributed by atoms with van der Waals surface area (Å²) in [5.74, 6) is -0.547. The van der Waals surface area contributed by atoms with Crippen LogP contribution < -0.4 is 14.5 Å². The average Bonchev–Trinajstić information content (AvgIpc) is 3.41. The maximum Gasteiger partial charge on any atom is 0.335 e. The number of carbonyl (C=O) groups excluding carboxylic acids is 1. The Balaban J connectivity index is 1.37. The molecule has 4 aromatic carbocycles. The average molecular weight is 520 g/mol. The highest BCUT2D eigenvalue weighted by atomic mass is 16.5.